The lowest BCUT2D eigenvalue weighted by Gasteiger charge is -2.29. The highest BCUT2D eigenvalue weighted by Gasteiger charge is 2.46. The number of carbonyl (C=O) groups is 1. The molecule has 0 bridgehead atoms. The predicted octanol–water partition coefficient (Wildman–Crippen LogP) is 5.53. The molecule has 42 heavy (non-hydrogen) atoms. The molecule has 1 N–H and O–H groups in total. The monoisotopic (exact) mass is 594 g/mol. The number of nitrogens with one attached hydrogen (secondary N) is 1. The standard InChI is InChI=1S/C31H29F3N4O3S/c1-37-14-13-35-30(37)18-38(31(39)26-17-24(26)20-6-12-27(33)28(34)15-20)22-9-5-19-3-2-4-29(25(19)16-22)36-42(40,41)23-10-7-21(32)8-11-23/h5-16,24,26,29,36H,2-4,17-18H2,1H3. The van der Waals surface area contributed by atoms with Crippen LogP contribution in [0, 0.1) is 23.4 Å². The molecular weight excluding hydrogens is 565 g/mol. The lowest BCUT2D eigenvalue weighted by molar-refractivity contribution is -0.120. The Kier molecular flexibility index (Phi) is 7.40. The number of sulfonamides is 1. The molecule has 3 aromatic carbocycles. The maximum absolute atomic E-state index is 13.9. The van der Waals surface area contributed by atoms with Gasteiger partial charge < -0.3 is 9.47 Å². The van der Waals surface area contributed by atoms with E-state index in [0.29, 0.717) is 29.9 Å². The molecule has 6 rings (SSSR count). The number of aromatic nitrogens is 2. The number of rotatable bonds is 8. The molecule has 2 aliphatic rings. The van der Waals surface area contributed by atoms with Crippen molar-refractivity contribution in [1.29, 1.82) is 0 Å². The molecule has 218 valence electrons. The van der Waals surface area contributed by atoms with Crippen LogP contribution in [-0.2, 0) is 34.8 Å². The first-order valence-corrected chi connectivity index (χ1v) is 15.2. The van der Waals surface area contributed by atoms with Gasteiger partial charge >= 0.3 is 0 Å². The Morgan fingerprint density at radius 3 is 2.55 bits per heavy atom. The van der Waals surface area contributed by atoms with Crippen LogP contribution in [0.5, 0.6) is 0 Å². The van der Waals surface area contributed by atoms with Crippen molar-refractivity contribution in [3.8, 4) is 0 Å². The number of carbonyl (C=O) groups excluding carboxylic acids is 1. The van der Waals surface area contributed by atoms with E-state index in [2.05, 4.69) is 9.71 Å². The van der Waals surface area contributed by atoms with Crippen LogP contribution >= 0.6 is 0 Å². The van der Waals surface area contributed by atoms with Crippen molar-refractivity contribution in [2.24, 2.45) is 13.0 Å². The average Bonchev–Trinajstić information content (AvgIpc) is 3.67. The lowest BCUT2D eigenvalue weighted by atomic mass is 9.87. The Morgan fingerprint density at radius 1 is 1.05 bits per heavy atom. The molecule has 1 aromatic heterocycles. The van der Waals surface area contributed by atoms with Crippen LogP contribution in [0.4, 0.5) is 18.9 Å². The second-order valence-corrected chi connectivity index (χ2v) is 12.6. The molecule has 1 saturated carbocycles. The Labute approximate surface area is 242 Å². The van der Waals surface area contributed by atoms with Gasteiger partial charge in [0.05, 0.1) is 11.4 Å². The number of nitrogens with zero attached hydrogens (tertiary/aromatic N) is 3. The van der Waals surface area contributed by atoms with Gasteiger partial charge in [-0.1, -0.05) is 12.1 Å². The van der Waals surface area contributed by atoms with Crippen molar-refractivity contribution < 1.29 is 26.4 Å². The molecule has 4 aromatic rings. The summed E-state index contributed by atoms with van der Waals surface area (Å²) in [6, 6.07) is 13.5. The van der Waals surface area contributed by atoms with Gasteiger partial charge in [0.15, 0.2) is 11.6 Å². The smallest absolute Gasteiger partial charge is 0.241 e. The fourth-order valence-electron chi connectivity index (χ4n) is 5.71. The highest BCUT2D eigenvalue weighted by atomic mass is 32.2. The highest BCUT2D eigenvalue weighted by molar-refractivity contribution is 7.89. The minimum absolute atomic E-state index is 0.0317. The molecule has 7 nitrogen and oxygen atoms in total. The van der Waals surface area contributed by atoms with Gasteiger partial charge in [0.1, 0.15) is 11.6 Å². The zero-order chi connectivity index (χ0) is 29.6. The zero-order valence-corrected chi connectivity index (χ0v) is 23.6. The Morgan fingerprint density at radius 2 is 1.83 bits per heavy atom. The highest BCUT2D eigenvalue weighted by Crippen LogP contribution is 2.49. The summed E-state index contributed by atoms with van der Waals surface area (Å²) in [5.74, 6) is -2.58. The van der Waals surface area contributed by atoms with Crippen molar-refractivity contribution in [1.82, 2.24) is 14.3 Å². The maximum Gasteiger partial charge on any atom is 0.241 e. The third-order valence-corrected chi connectivity index (χ3v) is 9.63. The minimum Gasteiger partial charge on any atom is -0.337 e. The summed E-state index contributed by atoms with van der Waals surface area (Å²) in [6.45, 7) is 0.175. The number of hydrogen-bond acceptors (Lipinski definition) is 4. The van der Waals surface area contributed by atoms with Crippen molar-refractivity contribution in [3.05, 3.63) is 113 Å². The third kappa shape index (κ3) is 5.58. The first-order chi connectivity index (χ1) is 20.1. The number of halogens is 3. The topological polar surface area (TPSA) is 84.3 Å². The van der Waals surface area contributed by atoms with E-state index in [1.165, 1.54) is 18.2 Å². The van der Waals surface area contributed by atoms with E-state index < -0.39 is 39.4 Å². The van der Waals surface area contributed by atoms with Crippen LogP contribution in [0.2, 0.25) is 0 Å². The molecule has 1 heterocycles. The van der Waals surface area contributed by atoms with Gasteiger partial charge in [-0.15, -0.1) is 0 Å². The van der Waals surface area contributed by atoms with E-state index >= 15 is 0 Å². The van der Waals surface area contributed by atoms with E-state index in [0.717, 1.165) is 48.2 Å². The van der Waals surface area contributed by atoms with Gasteiger partial charge in [-0.25, -0.2) is 31.3 Å². The summed E-state index contributed by atoms with van der Waals surface area (Å²) < 4.78 is 71.7. The number of aryl methyl sites for hydroxylation is 2. The Balaban J connectivity index is 1.31. The molecule has 1 amide bonds. The molecule has 3 atom stereocenters. The van der Waals surface area contributed by atoms with Gasteiger partial charge in [-0.2, -0.15) is 0 Å². The zero-order valence-electron chi connectivity index (χ0n) is 22.8. The molecule has 0 radical (unpaired) electrons. The second kappa shape index (κ2) is 11.0. The first kappa shape index (κ1) is 28.2. The van der Waals surface area contributed by atoms with Gasteiger partial charge in [0.2, 0.25) is 15.9 Å². The SMILES string of the molecule is Cn1ccnc1CN(C(=O)C1CC1c1ccc(F)c(F)c1)c1ccc2c(c1)C(NS(=O)(=O)c1ccc(F)cc1)CCC2. The van der Waals surface area contributed by atoms with Crippen LogP contribution in [0.25, 0.3) is 0 Å². The van der Waals surface area contributed by atoms with Gasteiger partial charge in [0, 0.05) is 37.1 Å². The van der Waals surface area contributed by atoms with E-state index in [1.807, 2.05) is 29.8 Å². The minimum atomic E-state index is -3.93. The molecule has 2 aliphatic carbocycles. The van der Waals surface area contributed by atoms with Crippen LogP contribution < -0.4 is 9.62 Å². The van der Waals surface area contributed by atoms with Gasteiger partial charge in [0.25, 0.3) is 0 Å². The van der Waals surface area contributed by atoms with E-state index in [4.69, 9.17) is 0 Å². The van der Waals surface area contributed by atoms with E-state index in [1.54, 1.807) is 17.3 Å². The van der Waals surface area contributed by atoms with Crippen LogP contribution in [-0.4, -0.2) is 23.9 Å². The van der Waals surface area contributed by atoms with Crippen LogP contribution in [0.3, 0.4) is 0 Å². The summed E-state index contributed by atoms with van der Waals surface area (Å²) in [6.07, 6.45) is 6.03. The summed E-state index contributed by atoms with van der Waals surface area (Å²) >= 11 is 0. The molecule has 0 saturated heterocycles. The largest absolute Gasteiger partial charge is 0.337 e. The fraction of sp³-hybridized carbons (Fsp3) is 0.290. The summed E-state index contributed by atoms with van der Waals surface area (Å²) in [5, 5.41) is 0. The normalized spacial score (nSPS) is 19.8. The van der Waals surface area contributed by atoms with Crippen molar-refractivity contribution in [3.63, 3.8) is 0 Å². The molecule has 11 heteroatoms. The van der Waals surface area contributed by atoms with E-state index in [-0.39, 0.29) is 23.3 Å². The number of benzene rings is 3. The lowest BCUT2D eigenvalue weighted by Crippen LogP contribution is -2.34. The number of hydrogen-bond donors (Lipinski definition) is 1. The predicted molar refractivity (Wildman–Crippen MR) is 150 cm³/mol. The number of fused-ring (bicyclic) bond motifs is 1. The van der Waals surface area contributed by atoms with E-state index in [9.17, 15) is 26.4 Å². The maximum atomic E-state index is 13.9. The third-order valence-electron chi connectivity index (χ3n) is 8.14. The fourth-order valence-corrected chi connectivity index (χ4v) is 6.96. The van der Waals surface area contributed by atoms with Gasteiger partial charge in [-0.3, -0.25) is 4.79 Å². The summed E-state index contributed by atoms with van der Waals surface area (Å²) in [4.78, 5) is 19.9. The van der Waals surface area contributed by atoms with Gasteiger partial charge in [-0.05, 0) is 96.8 Å². The molecule has 3 unspecified atom stereocenters. The quantitative estimate of drug-likeness (QED) is 0.291. The summed E-state index contributed by atoms with van der Waals surface area (Å²) in [7, 11) is -2.10. The van der Waals surface area contributed by atoms with Crippen molar-refractivity contribution in [2.45, 2.75) is 49.1 Å². The average molecular weight is 595 g/mol. The second-order valence-electron chi connectivity index (χ2n) is 10.9. The molecule has 0 spiro atoms. The number of amides is 1. The van der Waals surface area contributed by atoms with Crippen LogP contribution in [0.1, 0.15) is 53.7 Å². The number of imidazole rings is 1. The summed E-state index contributed by atoms with van der Waals surface area (Å²) in [5.41, 5.74) is 2.91. The Hall–Kier alpha value is -3.96. The molecule has 0 aliphatic heterocycles. The molecular formula is C31H29F3N4O3S. The van der Waals surface area contributed by atoms with Crippen molar-refractivity contribution >= 4 is 21.6 Å². The number of anilines is 1. The van der Waals surface area contributed by atoms with Crippen molar-refractivity contribution in [2.75, 3.05) is 4.90 Å². The Bertz CT molecular complexity index is 1760. The molecule has 1 fully saturated rings. The first-order valence-electron chi connectivity index (χ1n) is 13.7. The van der Waals surface area contributed by atoms with Crippen LogP contribution in [0.15, 0.2) is 78.0 Å².